The van der Waals surface area contributed by atoms with Gasteiger partial charge in [-0.3, -0.25) is 0 Å². The van der Waals surface area contributed by atoms with Crippen molar-refractivity contribution in [2.45, 2.75) is 32.5 Å². The zero-order valence-corrected chi connectivity index (χ0v) is 11.9. The number of hydrogen-bond acceptors (Lipinski definition) is 4. The number of halogens is 3. The van der Waals surface area contributed by atoms with Crippen LogP contribution in [0.25, 0.3) is 5.52 Å². The van der Waals surface area contributed by atoms with Crippen molar-refractivity contribution in [1.82, 2.24) is 14.6 Å². The molecule has 2 aromatic rings. The lowest BCUT2D eigenvalue weighted by molar-refractivity contribution is -0.141. The van der Waals surface area contributed by atoms with Crippen molar-refractivity contribution in [2.24, 2.45) is 11.7 Å². The van der Waals surface area contributed by atoms with Crippen molar-refractivity contribution in [3.63, 3.8) is 0 Å². The van der Waals surface area contributed by atoms with E-state index in [0.29, 0.717) is 24.3 Å². The maximum Gasteiger partial charge on any atom is 0.435 e. The van der Waals surface area contributed by atoms with E-state index in [1.54, 1.807) is 0 Å². The summed E-state index contributed by atoms with van der Waals surface area (Å²) in [5.74, 6) is 0.660. The first-order valence-corrected chi connectivity index (χ1v) is 6.71. The molecule has 2 aromatic heterocycles. The molecule has 0 aromatic carbocycles. The summed E-state index contributed by atoms with van der Waals surface area (Å²) in [6.45, 7) is 4.53. The van der Waals surface area contributed by atoms with Crippen LogP contribution in [0.4, 0.5) is 19.0 Å². The van der Waals surface area contributed by atoms with E-state index in [-0.39, 0.29) is 12.0 Å². The molecule has 3 N–H and O–H groups in total. The molecule has 0 radical (unpaired) electrons. The van der Waals surface area contributed by atoms with Crippen molar-refractivity contribution in [3.8, 4) is 0 Å². The van der Waals surface area contributed by atoms with Crippen LogP contribution in [0, 0.1) is 5.92 Å². The van der Waals surface area contributed by atoms with Crippen LogP contribution in [0.15, 0.2) is 18.5 Å². The SMILES string of the molecule is CC(C)C(CCN)Nc1nccn2nc(C(F)(F)F)cc12. The molecule has 5 nitrogen and oxygen atoms in total. The fourth-order valence-corrected chi connectivity index (χ4v) is 2.10. The lowest BCUT2D eigenvalue weighted by Gasteiger charge is -2.22. The van der Waals surface area contributed by atoms with Gasteiger partial charge >= 0.3 is 6.18 Å². The van der Waals surface area contributed by atoms with Gasteiger partial charge in [0.25, 0.3) is 0 Å². The zero-order chi connectivity index (χ0) is 15.6. The number of rotatable bonds is 5. The van der Waals surface area contributed by atoms with Gasteiger partial charge < -0.3 is 11.1 Å². The van der Waals surface area contributed by atoms with Crippen LogP contribution in [0.3, 0.4) is 0 Å². The Hall–Kier alpha value is -1.83. The summed E-state index contributed by atoms with van der Waals surface area (Å²) in [7, 11) is 0. The molecule has 0 aliphatic carbocycles. The van der Waals surface area contributed by atoms with E-state index in [4.69, 9.17) is 5.73 Å². The lowest BCUT2D eigenvalue weighted by atomic mass is 10.0. The Morgan fingerprint density at radius 3 is 2.67 bits per heavy atom. The van der Waals surface area contributed by atoms with E-state index >= 15 is 0 Å². The third-order valence-electron chi connectivity index (χ3n) is 3.28. The van der Waals surface area contributed by atoms with Crippen molar-refractivity contribution in [2.75, 3.05) is 11.9 Å². The van der Waals surface area contributed by atoms with E-state index in [0.717, 1.165) is 6.07 Å². The third kappa shape index (κ3) is 3.44. The van der Waals surface area contributed by atoms with Crippen LogP contribution in [-0.4, -0.2) is 27.2 Å². The zero-order valence-electron chi connectivity index (χ0n) is 11.9. The van der Waals surface area contributed by atoms with Gasteiger partial charge in [0.2, 0.25) is 0 Å². The predicted molar refractivity (Wildman–Crippen MR) is 73.9 cm³/mol. The van der Waals surface area contributed by atoms with E-state index in [1.807, 2.05) is 13.8 Å². The van der Waals surface area contributed by atoms with Gasteiger partial charge in [0, 0.05) is 24.5 Å². The van der Waals surface area contributed by atoms with E-state index in [2.05, 4.69) is 15.4 Å². The molecule has 0 saturated carbocycles. The largest absolute Gasteiger partial charge is 0.435 e. The molecule has 1 atom stereocenters. The monoisotopic (exact) mass is 301 g/mol. The fourth-order valence-electron chi connectivity index (χ4n) is 2.10. The average Bonchev–Trinajstić information content (AvgIpc) is 2.83. The number of nitrogens with two attached hydrogens (primary N) is 1. The van der Waals surface area contributed by atoms with E-state index < -0.39 is 11.9 Å². The Morgan fingerprint density at radius 1 is 1.38 bits per heavy atom. The van der Waals surface area contributed by atoms with Gasteiger partial charge in [-0.1, -0.05) is 13.8 Å². The highest BCUT2D eigenvalue weighted by molar-refractivity contribution is 5.68. The number of alkyl halides is 3. The fraction of sp³-hybridized carbons (Fsp3) is 0.538. The molecule has 0 spiro atoms. The second-order valence-corrected chi connectivity index (χ2v) is 5.21. The molecule has 1 unspecified atom stereocenters. The second-order valence-electron chi connectivity index (χ2n) is 5.21. The number of anilines is 1. The number of aromatic nitrogens is 3. The van der Waals surface area contributed by atoms with Crippen LogP contribution in [0.5, 0.6) is 0 Å². The Kier molecular flexibility index (Phi) is 4.36. The summed E-state index contributed by atoms with van der Waals surface area (Å²) in [6.07, 6.45) is -0.954. The van der Waals surface area contributed by atoms with Crippen LogP contribution in [0.1, 0.15) is 26.0 Å². The van der Waals surface area contributed by atoms with Gasteiger partial charge in [-0.2, -0.15) is 18.3 Å². The summed E-state index contributed by atoms with van der Waals surface area (Å²) in [6, 6.07) is 1.03. The van der Waals surface area contributed by atoms with Gasteiger partial charge in [0.05, 0.1) is 0 Å². The number of nitrogens with one attached hydrogen (secondary N) is 1. The molecular formula is C13H18F3N5. The lowest BCUT2D eigenvalue weighted by Crippen LogP contribution is -2.29. The Bertz CT molecular complexity index is 605. The summed E-state index contributed by atoms with van der Waals surface area (Å²) in [5, 5.41) is 6.70. The maximum atomic E-state index is 12.7. The molecule has 116 valence electrons. The number of nitrogens with zero attached hydrogens (tertiary/aromatic N) is 3. The highest BCUT2D eigenvalue weighted by atomic mass is 19.4. The van der Waals surface area contributed by atoms with Crippen LogP contribution in [0.2, 0.25) is 0 Å². The Morgan fingerprint density at radius 2 is 2.10 bits per heavy atom. The van der Waals surface area contributed by atoms with Crippen LogP contribution < -0.4 is 11.1 Å². The smallest absolute Gasteiger partial charge is 0.365 e. The first kappa shape index (κ1) is 15.6. The second kappa shape index (κ2) is 5.88. The van der Waals surface area contributed by atoms with Crippen molar-refractivity contribution >= 4 is 11.3 Å². The maximum absolute atomic E-state index is 12.7. The van der Waals surface area contributed by atoms with Crippen LogP contribution >= 0.6 is 0 Å². The van der Waals surface area contributed by atoms with Gasteiger partial charge in [0.1, 0.15) is 5.52 Å². The minimum Gasteiger partial charge on any atom is -0.365 e. The minimum atomic E-state index is -4.47. The number of hydrogen-bond donors (Lipinski definition) is 2. The molecule has 2 heterocycles. The van der Waals surface area contributed by atoms with Gasteiger partial charge in [-0.15, -0.1) is 0 Å². The van der Waals surface area contributed by atoms with Gasteiger partial charge in [-0.25, -0.2) is 9.50 Å². The molecular weight excluding hydrogens is 283 g/mol. The normalized spacial score (nSPS) is 13.9. The Balaban J connectivity index is 2.37. The minimum absolute atomic E-state index is 0.0398. The standard InChI is InChI=1S/C13H18F3N5/c1-8(2)9(3-4-17)19-12-10-7-11(13(14,15)16)20-21(10)6-5-18-12/h5-9H,3-4,17H2,1-2H3,(H,18,19). The third-order valence-corrected chi connectivity index (χ3v) is 3.28. The molecule has 0 amide bonds. The summed E-state index contributed by atoms with van der Waals surface area (Å²) < 4.78 is 39.4. The quantitative estimate of drug-likeness (QED) is 0.890. The van der Waals surface area contributed by atoms with E-state index in [1.165, 1.54) is 16.9 Å². The summed E-state index contributed by atoms with van der Waals surface area (Å²) in [5.41, 5.74) is 4.93. The Labute approximate surface area is 120 Å². The molecule has 0 saturated heterocycles. The van der Waals surface area contributed by atoms with Crippen LogP contribution in [-0.2, 0) is 6.18 Å². The van der Waals surface area contributed by atoms with Crippen molar-refractivity contribution in [1.29, 1.82) is 0 Å². The summed E-state index contributed by atoms with van der Waals surface area (Å²) in [4.78, 5) is 4.13. The molecule has 0 bridgehead atoms. The van der Waals surface area contributed by atoms with Gasteiger partial charge in [0.15, 0.2) is 11.5 Å². The highest BCUT2D eigenvalue weighted by Gasteiger charge is 2.34. The van der Waals surface area contributed by atoms with E-state index in [9.17, 15) is 13.2 Å². The summed E-state index contributed by atoms with van der Waals surface area (Å²) >= 11 is 0. The average molecular weight is 301 g/mol. The molecule has 8 heteroatoms. The molecule has 0 aliphatic rings. The molecule has 0 fully saturated rings. The first-order valence-electron chi connectivity index (χ1n) is 6.71. The topological polar surface area (TPSA) is 68.2 Å². The van der Waals surface area contributed by atoms with Gasteiger partial charge in [-0.05, 0) is 18.9 Å². The number of fused-ring (bicyclic) bond motifs is 1. The predicted octanol–water partition coefficient (Wildman–Crippen LogP) is 2.53. The molecule has 2 rings (SSSR count). The van der Waals surface area contributed by atoms with Crippen molar-refractivity contribution in [3.05, 3.63) is 24.2 Å². The first-order chi connectivity index (χ1) is 9.82. The molecule has 21 heavy (non-hydrogen) atoms. The molecule has 0 aliphatic heterocycles. The van der Waals surface area contributed by atoms with Crippen molar-refractivity contribution < 1.29 is 13.2 Å². The highest BCUT2D eigenvalue weighted by Crippen LogP contribution is 2.30.